The van der Waals surface area contributed by atoms with E-state index in [0.717, 1.165) is 17.3 Å². The van der Waals surface area contributed by atoms with Gasteiger partial charge >= 0.3 is 0 Å². The predicted molar refractivity (Wildman–Crippen MR) is 99.6 cm³/mol. The number of aromatic amines is 1. The molecule has 6 heteroatoms. The van der Waals surface area contributed by atoms with E-state index in [0.29, 0.717) is 11.3 Å². The second-order valence-corrected chi connectivity index (χ2v) is 6.79. The molecular formula is C20H19ClF2N2O. The molecule has 3 nitrogen and oxygen atoms in total. The molecule has 1 aliphatic rings. The van der Waals surface area contributed by atoms with Crippen LogP contribution in [0.4, 0.5) is 8.78 Å². The molecule has 0 aliphatic heterocycles. The first-order valence-electron chi connectivity index (χ1n) is 8.62. The first-order chi connectivity index (χ1) is 12.6. The normalized spacial score (nSPS) is 14.7. The van der Waals surface area contributed by atoms with Crippen molar-refractivity contribution in [3.8, 4) is 0 Å². The zero-order valence-electron chi connectivity index (χ0n) is 14.1. The van der Waals surface area contributed by atoms with Crippen LogP contribution in [0.1, 0.15) is 43.7 Å². The quantitative estimate of drug-likeness (QED) is 0.563. The standard InChI is InChI=1S/C14H16N2O.C6H3ClF2/c17-14-8-13(10-4-2-1-3-5-10)16-12-6-7-15-9-11(12)14;7-4-2-1-3-5(8)6(4)9/h6-10H,1-5H2,(H,16,17);1-3H. The molecule has 2 heterocycles. The molecule has 4 rings (SSSR count). The number of fused-ring (bicyclic) bond motifs is 1. The zero-order valence-corrected chi connectivity index (χ0v) is 14.9. The number of hydrogen-bond acceptors (Lipinski definition) is 2. The molecule has 0 bridgehead atoms. The van der Waals surface area contributed by atoms with E-state index in [1.165, 1.54) is 44.2 Å². The van der Waals surface area contributed by atoms with E-state index in [2.05, 4.69) is 9.97 Å². The highest BCUT2D eigenvalue weighted by atomic mass is 35.5. The van der Waals surface area contributed by atoms with Crippen molar-refractivity contribution in [3.05, 3.63) is 75.3 Å². The van der Waals surface area contributed by atoms with Gasteiger partial charge in [-0.15, -0.1) is 0 Å². The maximum atomic E-state index is 12.2. The average Bonchev–Trinajstić information content (AvgIpc) is 2.67. The van der Waals surface area contributed by atoms with Crippen LogP contribution in [0.2, 0.25) is 5.02 Å². The highest BCUT2D eigenvalue weighted by molar-refractivity contribution is 6.30. The van der Waals surface area contributed by atoms with Gasteiger partial charge in [0.15, 0.2) is 17.1 Å². The fraction of sp³-hybridized carbons (Fsp3) is 0.300. The minimum Gasteiger partial charge on any atom is -0.358 e. The minimum atomic E-state index is -0.987. The summed E-state index contributed by atoms with van der Waals surface area (Å²) in [5, 5.41) is 0.502. The molecular weight excluding hydrogens is 358 g/mol. The van der Waals surface area contributed by atoms with Gasteiger partial charge in [-0.3, -0.25) is 9.78 Å². The zero-order chi connectivity index (χ0) is 18.5. The Balaban J connectivity index is 0.000000185. The molecule has 136 valence electrons. The van der Waals surface area contributed by atoms with Crippen molar-refractivity contribution in [3.63, 3.8) is 0 Å². The maximum Gasteiger partial charge on any atom is 0.191 e. The molecule has 0 amide bonds. The first-order valence-corrected chi connectivity index (χ1v) is 9.00. The van der Waals surface area contributed by atoms with Gasteiger partial charge in [0.05, 0.1) is 15.9 Å². The van der Waals surface area contributed by atoms with Crippen LogP contribution >= 0.6 is 11.6 Å². The molecule has 1 aliphatic carbocycles. The Kier molecular flexibility index (Phi) is 5.99. The van der Waals surface area contributed by atoms with E-state index in [1.807, 2.05) is 6.07 Å². The molecule has 0 saturated heterocycles. The predicted octanol–water partition coefficient (Wildman–Crippen LogP) is 5.59. The summed E-state index contributed by atoms with van der Waals surface area (Å²) < 4.78 is 24.3. The van der Waals surface area contributed by atoms with Gasteiger partial charge in [0.25, 0.3) is 0 Å². The molecule has 0 atom stereocenters. The van der Waals surface area contributed by atoms with E-state index in [1.54, 1.807) is 18.5 Å². The van der Waals surface area contributed by atoms with Gasteiger partial charge in [0, 0.05) is 24.2 Å². The smallest absolute Gasteiger partial charge is 0.191 e. The number of halogens is 3. The molecule has 1 saturated carbocycles. The van der Waals surface area contributed by atoms with E-state index >= 15 is 0 Å². The number of nitrogens with one attached hydrogen (secondary N) is 1. The van der Waals surface area contributed by atoms with Crippen LogP contribution < -0.4 is 5.43 Å². The topological polar surface area (TPSA) is 45.8 Å². The second-order valence-electron chi connectivity index (χ2n) is 6.38. The third-order valence-corrected chi connectivity index (χ3v) is 4.89. The van der Waals surface area contributed by atoms with E-state index < -0.39 is 11.6 Å². The van der Waals surface area contributed by atoms with Crippen molar-refractivity contribution in [2.75, 3.05) is 0 Å². The lowest BCUT2D eigenvalue weighted by molar-refractivity contribution is 0.437. The highest BCUT2D eigenvalue weighted by Crippen LogP contribution is 2.31. The van der Waals surface area contributed by atoms with Gasteiger partial charge in [-0.2, -0.15) is 0 Å². The maximum absolute atomic E-state index is 12.2. The fourth-order valence-electron chi connectivity index (χ4n) is 3.22. The van der Waals surface area contributed by atoms with Crippen molar-refractivity contribution in [1.82, 2.24) is 9.97 Å². The summed E-state index contributed by atoms with van der Waals surface area (Å²) in [5.74, 6) is -1.37. The number of hydrogen-bond donors (Lipinski definition) is 1. The largest absolute Gasteiger partial charge is 0.358 e. The molecule has 1 aromatic carbocycles. The van der Waals surface area contributed by atoms with Crippen LogP contribution in [0.3, 0.4) is 0 Å². The molecule has 1 fully saturated rings. The van der Waals surface area contributed by atoms with Crippen LogP contribution in [-0.2, 0) is 0 Å². The first kappa shape index (κ1) is 18.5. The van der Waals surface area contributed by atoms with Gasteiger partial charge in [-0.05, 0) is 37.0 Å². The summed E-state index contributed by atoms with van der Waals surface area (Å²) in [5.41, 5.74) is 2.11. The molecule has 3 aromatic rings. The third kappa shape index (κ3) is 4.28. The van der Waals surface area contributed by atoms with Crippen LogP contribution in [0.5, 0.6) is 0 Å². The summed E-state index contributed by atoms with van der Waals surface area (Å²) in [4.78, 5) is 19.4. The Labute approximate surface area is 155 Å². The average molecular weight is 377 g/mol. The van der Waals surface area contributed by atoms with E-state index in [-0.39, 0.29) is 10.5 Å². The van der Waals surface area contributed by atoms with Crippen LogP contribution in [-0.4, -0.2) is 9.97 Å². The van der Waals surface area contributed by atoms with Crippen molar-refractivity contribution in [2.45, 2.75) is 38.0 Å². The van der Waals surface area contributed by atoms with E-state index in [4.69, 9.17) is 11.6 Å². The second kappa shape index (κ2) is 8.41. The Bertz CT molecular complexity index is 932. The molecule has 26 heavy (non-hydrogen) atoms. The summed E-state index contributed by atoms with van der Waals surface area (Å²) in [6.07, 6.45) is 9.65. The Morgan fingerprint density at radius 3 is 2.58 bits per heavy atom. The third-order valence-electron chi connectivity index (χ3n) is 4.60. The van der Waals surface area contributed by atoms with Crippen molar-refractivity contribution in [1.29, 1.82) is 0 Å². The fourth-order valence-corrected chi connectivity index (χ4v) is 3.38. The SMILES string of the molecule is Fc1cccc(Cl)c1F.O=c1cc(C2CCCCC2)[nH]c2ccncc12. The van der Waals surface area contributed by atoms with Crippen molar-refractivity contribution in [2.24, 2.45) is 0 Å². The lowest BCUT2D eigenvalue weighted by atomic mass is 9.86. The summed E-state index contributed by atoms with van der Waals surface area (Å²) >= 11 is 5.20. The molecule has 2 aromatic heterocycles. The molecule has 0 radical (unpaired) electrons. The lowest BCUT2D eigenvalue weighted by Gasteiger charge is -2.21. The van der Waals surface area contributed by atoms with Gasteiger partial charge in [-0.25, -0.2) is 8.78 Å². The summed E-state index contributed by atoms with van der Waals surface area (Å²) in [6.45, 7) is 0. The molecule has 1 N–H and O–H groups in total. The van der Waals surface area contributed by atoms with Crippen LogP contribution in [0.25, 0.3) is 10.9 Å². The monoisotopic (exact) mass is 376 g/mol. The number of rotatable bonds is 1. The number of aromatic nitrogens is 2. The lowest BCUT2D eigenvalue weighted by Crippen LogP contribution is -2.11. The summed E-state index contributed by atoms with van der Waals surface area (Å²) in [6, 6.07) is 7.30. The van der Waals surface area contributed by atoms with Gasteiger partial charge in [0.1, 0.15) is 0 Å². The van der Waals surface area contributed by atoms with E-state index in [9.17, 15) is 13.6 Å². The van der Waals surface area contributed by atoms with Gasteiger partial charge in [0.2, 0.25) is 0 Å². The Morgan fingerprint density at radius 1 is 1.12 bits per heavy atom. The van der Waals surface area contributed by atoms with Gasteiger partial charge < -0.3 is 4.98 Å². The number of H-pyrrole nitrogens is 1. The minimum absolute atomic E-state index is 0.0902. The van der Waals surface area contributed by atoms with Crippen LogP contribution in [0.15, 0.2) is 47.5 Å². The number of nitrogens with zero attached hydrogens (tertiary/aromatic N) is 1. The Morgan fingerprint density at radius 2 is 1.88 bits per heavy atom. The van der Waals surface area contributed by atoms with Crippen molar-refractivity contribution < 1.29 is 8.78 Å². The highest BCUT2D eigenvalue weighted by Gasteiger charge is 2.17. The number of pyridine rings is 2. The van der Waals surface area contributed by atoms with Crippen molar-refractivity contribution >= 4 is 22.5 Å². The Hall–Kier alpha value is -2.27. The summed E-state index contributed by atoms with van der Waals surface area (Å²) in [7, 11) is 0. The van der Waals surface area contributed by atoms with Crippen LogP contribution in [0, 0.1) is 11.6 Å². The van der Waals surface area contributed by atoms with Gasteiger partial charge in [-0.1, -0.05) is 36.9 Å². The number of benzene rings is 1. The molecule has 0 unspecified atom stereocenters. The molecule has 0 spiro atoms.